The lowest BCUT2D eigenvalue weighted by Crippen LogP contribution is -1.80. The molecule has 4 rings (SSSR count). The largest absolute Gasteiger partial charge is 0.0616 e. The van der Waals surface area contributed by atoms with Crippen LogP contribution in [0.3, 0.4) is 0 Å². The zero-order chi connectivity index (χ0) is 14.2. The molecule has 0 fully saturated rings. The summed E-state index contributed by atoms with van der Waals surface area (Å²) in [6.07, 6.45) is 0. The van der Waals surface area contributed by atoms with Gasteiger partial charge in [-0.1, -0.05) is 71.8 Å². The van der Waals surface area contributed by atoms with Gasteiger partial charge in [-0.2, -0.15) is 0 Å². The number of azide groups is 1. The van der Waals surface area contributed by atoms with E-state index in [1.165, 1.54) is 21.5 Å². The summed E-state index contributed by atoms with van der Waals surface area (Å²) in [7, 11) is 0. The van der Waals surface area contributed by atoms with Gasteiger partial charge in [0.25, 0.3) is 0 Å². The minimum atomic E-state index is 0.671. The predicted molar refractivity (Wildman–Crippen MR) is 87.8 cm³/mol. The van der Waals surface area contributed by atoms with Gasteiger partial charge >= 0.3 is 0 Å². The van der Waals surface area contributed by atoms with Gasteiger partial charge in [-0.25, -0.2) is 0 Å². The van der Waals surface area contributed by atoms with Crippen LogP contribution in [0.2, 0.25) is 0 Å². The summed E-state index contributed by atoms with van der Waals surface area (Å²) in [5.74, 6) is 0. The maximum atomic E-state index is 8.69. The lowest BCUT2D eigenvalue weighted by molar-refractivity contribution is 1.52. The van der Waals surface area contributed by atoms with Crippen LogP contribution in [0, 0.1) is 0 Å². The Hall–Kier alpha value is -3.03. The van der Waals surface area contributed by atoms with Crippen LogP contribution in [0.1, 0.15) is 0 Å². The molecule has 0 aromatic heterocycles. The minimum absolute atomic E-state index is 0.671. The van der Waals surface area contributed by atoms with Gasteiger partial charge in [-0.05, 0) is 37.8 Å². The molecule has 0 unspecified atom stereocenters. The molecule has 3 heteroatoms. The molecule has 4 aromatic rings. The third-order valence-electron chi connectivity index (χ3n) is 3.91. The summed E-state index contributed by atoms with van der Waals surface area (Å²) in [6, 6.07) is 22.6. The molecule has 0 saturated carbocycles. The molecule has 0 saturated heterocycles. The Morgan fingerprint density at radius 1 is 0.619 bits per heavy atom. The third kappa shape index (κ3) is 1.72. The Morgan fingerprint density at radius 3 is 2.19 bits per heavy atom. The van der Waals surface area contributed by atoms with Crippen LogP contribution in [-0.2, 0) is 0 Å². The highest BCUT2D eigenvalue weighted by Crippen LogP contribution is 2.34. The maximum absolute atomic E-state index is 8.69. The average molecular weight is 269 g/mol. The van der Waals surface area contributed by atoms with Crippen LogP contribution in [-0.4, -0.2) is 0 Å². The van der Waals surface area contributed by atoms with Crippen LogP contribution < -0.4 is 0 Å². The normalized spacial score (nSPS) is 10.9. The molecular formula is C18H11N3. The Balaban J connectivity index is 2.22. The van der Waals surface area contributed by atoms with E-state index in [0.29, 0.717) is 5.69 Å². The van der Waals surface area contributed by atoms with Crippen molar-refractivity contribution in [2.24, 2.45) is 5.11 Å². The quantitative estimate of drug-likeness (QED) is 0.174. The molecule has 0 aliphatic heterocycles. The van der Waals surface area contributed by atoms with Crippen LogP contribution in [0.15, 0.2) is 71.8 Å². The molecule has 0 N–H and O–H groups in total. The molecule has 0 spiro atoms. The van der Waals surface area contributed by atoms with Crippen molar-refractivity contribution >= 4 is 38.0 Å². The number of hydrogen-bond acceptors (Lipinski definition) is 1. The molecule has 3 nitrogen and oxygen atoms in total. The summed E-state index contributed by atoms with van der Waals surface area (Å²) in [4.78, 5) is 2.91. The molecule has 0 atom stereocenters. The van der Waals surface area contributed by atoms with Crippen molar-refractivity contribution in [1.29, 1.82) is 0 Å². The standard InChI is InChI=1S/C18H11N3/c19-21-20-18-7-3-6-14-16-9-8-12-4-1-2-5-13(12)15(16)10-11-17(14)18/h1-11H. The Morgan fingerprint density at radius 2 is 1.29 bits per heavy atom. The highest BCUT2D eigenvalue weighted by atomic mass is 15.1. The van der Waals surface area contributed by atoms with Crippen molar-refractivity contribution in [2.75, 3.05) is 0 Å². The van der Waals surface area contributed by atoms with Crippen LogP contribution in [0.25, 0.3) is 42.8 Å². The van der Waals surface area contributed by atoms with Gasteiger partial charge in [0.15, 0.2) is 0 Å². The molecule has 21 heavy (non-hydrogen) atoms. The van der Waals surface area contributed by atoms with Crippen molar-refractivity contribution in [1.82, 2.24) is 0 Å². The fourth-order valence-electron chi connectivity index (χ4n) is 2.98. The van der Waals surface area contributed by atoms with Crippen LogP contribution >= 0.6 is 0 Å². The van der Waals surface area contributed by atoms with Crippen molar-refractivity contribution in [3.63, 3.8) is 0 Å². The lowest BCUT2D eigenvalue weighted by atomic mass is 9.96. The molecule has 0 amide bonds. The Kier molecular flexibility index (Phi) is 2.53. The molecule has 0 aliphatic rings. The zero-order valence-electron chi connectivity index (χ0n) is 11.2. The van der Waals surface area contributed by atoms with E-state index in [2.05, 4.69) is 58.6 Å². The molecule has 4 aromatic carbocycles. The smallest absolute Gasteiger partial charge is 0.0453 e. The first kappa shape index (κ1) is 11.8. The van der Waals surface area contributed by atoms with E-state index in [1.54, 1.807) is 0 Å². The maximum Gasteiger partial charge on any atom is 0.0453 e. The molecule has 0 bridgehead atoms. The summed E-state index contributed by atoms with van der Waals surface area (Å²) in [6.45, 7) is 0. The highest BCUT2D eigenvalue weighted by molar-refractivity contribution is 6.18. The minimum Gasteiger partial charge on any atom is -0.0616 e. The van der Waals surface area contributed by atoms with E-state index in [1.807, 2.05) is 18.2 Å². The van der Waals surface area contributed by atoms with Crippen molar-refractivity contribution in [3.05, 3.63) is 77.2 Å². The van der Waals surface area contributed by atoms with Crippen LogP contribution in [0.5, 0.6) is 0 Å². The Labute approximate surface area is 121 Å². The fraction of sp³-hybridized carbons (Fsp3) is 0. The molecule has 98 valence electrons. The van der Waals surface area contributed by atoms with E-state index in [9.17, 15) is 0 Å². The molecule has 0 radical (unpaired) electrons. The number of nitrogens with zero attached hydrogens (tertiary/aromatic N) is 3. The van der Waals surface area contributed by atoms with Crippen LogP contribution in [0.4, 0.5) is 5.69 Å². The summed E-state index contributed by atoms with van der Waals surface area (Å²) in [5.41, 5.74) is 9.36. The molecule has 0 heterocycles. The zero-order valence-corrected chi connectivity index (χ0v) is 11.2. The van der Waals surface area contributed by atoms with Gasteiger partial charge in [-0.15, -0.1) is 0 Å². The van der Waals surface area contributed by atoms with E-state index in [-0.39, 0.29) is 0 Å². The first-order chi connectivity index (χ1) is 10.4. The monoisotopic (exact) mass is 269 g/mol. The summed E-state index contributed by atoms with van der Waals surface area (Å²) < 4.78 is 0. The summed E-state index contributed by atoms with van der Waals surface area (Å²) in [5, 5.41) is 10.8. The van der Waals surface area contributed by atoms with E-state index >= 15 is 0 Å². The number of benzene rings is 4. The SMILES string of the molecule is [N-]=[N+]=Nc1cccc2c1ccc1c3ccccc3ccc21. The van der Waals surface area contributed by atoms with Gasteiger partial charge in [0.1, 0.15) is 0 Å². The second-order valence-electron chi connectivity index (χ2n) is 5.01. The Bertz CT molecular complexity index is 1040. The lowest BCUT2D eigenvalue weighted by Gasteiger charge is -2.08. The van der Waals surface area contributed by atoms with E-state index < -0.39 is 0 Å². The first-order valence-electron chi connectivity index (χ1n) is 6.77. The van der Waals surface area contributed by atoms with E-state index in [0.717, 1.165) is 10.8 Å². The second-order valence-corrected chi connectivity index (χ2v) is 5.01. The van der Waals surface area contributed by atoms with Crippen molar-refractivity contribution < 1.29 is 0 Å². The number of rotatable bonds is 1. The van der Waals surface area contributed by atoms with Gasteiger partial charge in [-0.3, -0.25) is 0 Å². The van der Waals surface area contributed by atoms with Gasteiger partial charge in [0, 0.05) is 10.6 Å². The number of fused-ring (bicyclic) bond motifs is 5. The highest BCUT2D eigenvalue weighted by Gasteiger charge is 2.06. The summed E-state index contributed by atoms with van der Waals surface area (Å²) >= 11 is 0. The van der Waals surface area contributed by atoms with Gasteiger partial charge < -0.3 is 0 Å². The number of hydrogen-bond donors (Lipinski definition) is 0. The topological polar surface area (TPSA) is 48.8 Å². The molecule has 0 aliphatic carbocycles. The first-order valence-corrected chi connectivity index (χ1v) is 6.77. The van der Waals surface area contributed by atoms with Gasteiger partial charge in [0.05, 0.1) is 0 Å². The average Bonchev–Trinajstić information content (AvgIpc) is 2.55. The second kappa shape index (κ2) is 4.51. The van der Waals surface area contributed by atoms with E-state index in [4.69, 9.17) is 5.53 Å². The van der Waals surface area contributed by atoms with Crippen molar-refractivity contribution in [3.8, 4) is 0 Å². The van der Waals surface area contributed by atoms with Crippen molar-refractivity contribution in [2.45, 2.75) is 0 Å². The predicted octanol–water partition coefficient (Wildman–Crippen LogP) is 6.09. The fourth-order valence-corrected chi connectivity index (χ4v) is 2.98. The molecular weight excluding hydrogens is 258 g/mol. The van der Waals surface area contributed by atoms with Gasteiger partial charge in [0.2, 0.25) is 0 Å². The third-order valence-corrected chi connectivity index (χ3v) is 3.91.